The number of nitrogens with zero attached hydrogens (tertiary/aromatic N) is 3. The molecule has 1 aliphatic carbocycles. The third-order valence-corrected chi connectivity index (χ3v) is 4.61. The van der Waals surface area contributed by atoms with Crippen molar-refractivity contribution in [1.29, 1.82) is 0 Å². The van der Waals surface area contributed by atoms with Gasteiger partial charge in [0.05, 0.1) is 12.1 Å². The van der Waals surface area contributed by atoms with E-state index in [4.69, 9.17) is 4.52 Å². The lowest BCUT2D eigenvalue weighted by molar-refractivity contribution is -0.274. The van der Waals surface area contributed by atoms with Crippen molar-refractivity contribution in [1.82, 2.24) is 15.0 Å². The van der Waals surface area contributed by atoms with Crippen LogP contribution in [0.5, 0.6) is 5.75 Å². The molecule has 140 valence electrons. The van der Waals surface area contributed by atoms with Gasteiger partial charge in [0.1, 0.15) is 5.75 Å². The molecule has 2 unspecified atom stereocenters. The Morgan fingerprint density at radius 3 is 2.62 bits per heavy atom. The largest absolute Gasteiger partial charge is 0.573 e. The summed E-state index contributed by atoms with van der Waals surface area (Å²) in [5, 5.41) is 14.1. The predicted octanol–water partition coefficient (Wildman–Crippen LogP) is 3.15. The van der Waals surface area contributed by atoms with E-state index in [0.29, 0.717) is 31.3 Å². The summed E-state index contributed by atoms with van der Waals surface area (Å²) < 4.78 is 46.0. The number of aliphatic hydroxyl groups excluding tert-OH is 1. The topological polar surface area (TPSA) is 71.6 Å². The van der Waals surface area contributed by atoms with Crippen molar-refractivity contribution in [2.24, 2.45) is 0 Å². The van der Waals surface area contributed by atoms with Crippen LogP contribution in [0, 0.1) is 0 Å². The van der Waals surface area contributed by atoms with E-state index in [1.54, 1.807) is 12.1 Å². The van der Waals surface area contributed by atoms with E-state index >= 15 is 0 Å². The Morgan fingerprint density at radius 1 is 1.23 bits per heavy atom. The maximum absolute atomic E-state index is 12.2. The molecular weight excluding hydrogens is 351 g/mol. The van der Waals surface area contributed by atoms with Crippen LogP contribution in [0.15, 0.2) is 28.8 Å². The van der Waals surface area contributed by atoms with Crippen molar-refractivity contribution in [3.05, 3.63) is 41.5 Å². The van der Waals surface area contributed by atoms with Crippen LogP contribution >= 0.6 is 0 Å². The maximum Gasteiger partial charge on any atom is 0.573 e. The standard InChI is InChI=1S/C17H18F3N3O3/c18-17(19,20)25-13-5-1-10(2-6-13)8-23-9-12(24)7-14(23)16-21-15(22-26-16)11-3-4-11/h1-2,5-6,11-12,14,24H,3-4,7-9H2. The van der Waals surface area contributed by atoms with Crippen molar-refractivity contribution in [3.63, 3.8) is 0 Å². The van der Waals surface area contributed by atoms with Crippen LogP contribution in [-0.4, -0.2) is 39.2 Å². The van der Waals surface area contributed by atoms with Gasteiger partial charge in [0.2, 0.25) is 5.89 Å². The Labute approximate surface area is 147 Å². The summed E-state index contributed by atoms with van der Waals surface area (Å²) in [5.74, 6) is 1.33. The van der Waals surface area contributed by atoms with Crippen LogP contribution in [0.25, 0.3) is 0 Å². The summed E-state index contributed by atoms with van der Waals surface area (Å²) in [6.07, 6.45) is -2.58. The van der Waals surface area contributed by atoms with E-state index in [9.17, 15) is 18.3 Å². The average molecular weight is 369 g/mol. The number of ether oxygens (including phenoxy) is 1. The van der Waals surface area contributed by atoms with Gasteiger partial charge in [0.15, 0.2) is 5.82 Å². The molecule has 0 amide bonds. The Bertz CT molecular complexity index is 759. The molecule has 0 spiro atoms. The Morgan fingerprint density at radius 2 is 1.96 bits per heavy atom. The maximum atomic E-state index is 12.2. The van der Waals surface area contributed by atoms with E-state index in [1.807, 2.05) is 4.90 Å². The molecule has 2 aliphatic rings. The monoisotopic (exact) mass is 369 g/mol. The fourth-order valence-electron chi connectivity index (χ4n) is 3.23. The Kier molecular flexibility index (Phi) is 4.36. The quantitative estimate of drug-likeness (QED) is 0.873. The minimum absolute atomic E-state index is 0.198. The van der Waals surface area contributed by atoms with Crippen LogP contribution in [0.3, 0.4) is 0 Å². The highest BCUT2D eigenvalue weighted by Crippen LogP contribution is 2.40. The van der Waals surface area contributed by atoms with Crippen molar-refractivity contribution in [2.45, 2.75) is 50.2 Å². The molecule has 1 N–H and O–H groups in total. The minimum Gasteiger partial charge on any atom is -0.406 e. The number of aliphatic hydroxyl groups is 1. The van der Waals surface area contributed by atoms with E-state index in [2.05, 4.69) is 14.9 Å². The minimum atomic E-state index is -4.71. The summed E-state index contributed by atoms with van der Waals surface area (Å²) in [4.78, 5) is 6.45. The van der Waals surface area contributed by atoms with Crippen LogP contribution in [-0.2, 0) is 6.54 Å². The fourth-order valence-corrected chi connectivity index (χ4v) is 3.23. The van der Waals surface area contributed by atoms with Gasteiger partial charge >= 0.3 is 6.36 Å². The summed E-state index contributed by atoms with van der Waals surface area (Å²) in [5.41, 5.74) is 0.806. The van der Waals surface area contributed by atoms with E-state index < -0.39 is 12.5 Å². The molecule has 0 radical (unpaired) electrons. The molecule has 2 heterocycles. The van der Waals surface area contributed by atoms with Crippen LogP contribution in [0.4, 0.5) is 13.2 Å². The summed E-state index contributed by atoms with van der Waals surface area (Å²) >= 11 is 0. The molecule has 1 aromatic carbocycles. The van der Waals surface area contributed by atoms with Gasteiger partial charge in [-0.15, -0.1) is 13.2 Å². The number of aromatic nitrogens is 2. The van der Waals surface area contributed by atoms with E-state index in [1.165, 1.54) is 12.1 Å². The van der Waals surface area contributed by atoms with Crippen molar-refractivity contribution < 1.29 is 27.5 Å². The highest BCUT2D eigenvalue weighted by molar-refractivity contribution is 5.27. The second-order valence-corrected chi connectivity index (χ2v) is 6.79. The van der Waals surface area contributed by atoms with Gasteiger partial charge < -0.3 is 14.4 Å². The Hall–Kier alpha value is -2.13. The van der Waals surface area contributed by atoms with Gasteiger partial charge in [-0.2, -0.15) is 4.98 Å². The van der Waals surface area contributed by atoms with Crippen LogP contribution < -0.4 is 4.74 Å². The Balaban J connectivity index is 1.45. The number of rotatable bonds is 5. The lowest BCUT2D eigenvalue weighted by Crippen LogP contribution is -2.24. The van der Waals surface area contributed by atoms with Crippen molar-refractivity contribution in [3.8, 4) is 5.75 Å². The smallest absolute Gasteiger partial charge is 0.406 e. The van der Waals surface area contributed by atoms with Gasteiger partial charge in [-0.05, 0) is 37.0 Å². The summed E-state index contributed by atoms with van der Waals surface area (Å²) in [6.45, 7) is 0.891. The summed E-state index contributed by atoms with van der Waals surface area (Å²) in [7, 11) is 0. The number of hydrogen-bond acceptors (Lipinski definition) is 6. The van der Waals surface area contributed by atoms with Crippen LogP contribution in [0.2, 0.25) is 0 Å². The number of likely N-dealkylation sites (tertiary alicyclic amines) is 1. The molecule has 2 aromatic rings. The van der Waals surface area contributed by atoms with Gasteiger partial charge in [0.25, 0.3) is 0 Å². The lowest BCUT2D eigenvalue weighted by Gasteiger charge is -2.21. The number of benzene rings is 1. The molecule has 0 bridgehead atoms. The molecule has 6 nitrogen and oxygen atoms in total. The first-order valence-corrected chi connectivity index (χ1v) is 8.48. The first kappa shape index (κ1) is 17.3. The third-order valence-electron chi connectivity index (χ3n) is 4.61. The zero-order valence-electron chi connectivity index (χ0n) is 13.8. The van der Waals surface area contributed by atoms with Gasteiger partial charge in [0, 0.05) is 19.0 Å². The van der Waals surface area contributed by atoms with Crippen LogP contribution in [0.1, 0.15) is 48.5 Å². The third kappa shape index (κ3) is 3.99. The summed E-state index contributed by atoms with van der Waals surface area (Å²) in [6, 6.07) is 5.51. The second-order valence-electron chi connectivity index (χ2n) is 6.79. The SMILES string of the molecule is OC1CC(c2nc(C3CC3)no2)N(Cc2ccc(OC(F)(F)F)cc2)C1. The molecule has 2 atom stereocenters. The van der Waals surface area contributed by atoms with E-state index in [-0.39, 0.29) is 11.8 Å². The lowest BCUT2D eigenvalue weighted by atomic mass is 10.1. The molecule has 26 heavy (non-hydrogen) atoms. The molecule has 1 saturated carbocycles. The first-order chi connectivity index (χ1) is 12.4. The molecular formula is C17H18F3N3O3. The molecule has 1 aliphatic heterocycles. The number of halogens is 3. The first-order valence-electron chi connectivity index (χ1n) is 8.48. The highest BCUT2D eigenvalue weighted by Gasteiger charge is 2.37. The highest BCUT2D eigenvalue weighted by atomic mass is 19.4. The number of alkyl halides is 3. The zero-order chi connectivity index (χ0) is 18.3. The fraction of sp³-hybridized carbons (Fsp3) is 0.529. The van der Waals surface area contributed by atoms with Crippen molar-refractivity contribution >= 4 is 0 Å². The predicted molar refractivity (Wildman–Crippen MR) is 83.2 cm³/mol. The van der Waals surface area contributed by atoms with Gasteiger partial charge in [-0.3, -0.25) is 4.90 Å². The van der Waals surface area contributed by atoms with Gasteiger partial charge in [-0.25, -0.2) is 0 Å². The molecule has 2 fully saturated rings. The molecule has 9 heteroatoms. The average Bonchev–Trinajstić information content (AvgIpc) is 3.18. The zero-order valence-corrected chi connectivity index (χ0v) is 13.8. The molecule has 1 aromatic heterocycles. The molecule has 4 rings (SSSR count). The van der Waals surface area contributed by atoms with Crippen molar-refractivity contribution in [2.75, 3.05) is 6.54 Å². The molecule has 1 saturated heterocycles. The second kappa shape index (κ2) is 6.55. The number of hydrogen-bond donors (Lipinski definition) is 1. The normalized spacial score (nSPS) is 24.2. The number of β-amino-alcohol motifs (C(OH)–C–C–N with tert-alkyl or cyclic N) is 1. The van der Waals surface area contributed by atoms with E-state index in [0.717, 1.165) is 24.2 Å². The van der Waals surface area contributed by atoms with Gasteiger partial charge in [-0.1, -0.05) is 17.3 Å².